The van der Waals surface area contributed by atoms with Gasteiger partial charge in [0.1, 0.15) is 0 Å². The zero-order valence-corrected chi connectivity index (χ0v) is 12.1. The fourth-order valence-electron chi connectivity index (χ4n) is 2.62. The third kappa shape index (κ3) is 3.35. The van der Waals surface area contributed by atoms with Crippen molar-refractivity contribution in [3.05, 3.63) is 34.9 Å². The molecule has 1 aromatic rings. The topological polar surface area (TPSA) is 40.5 Å². The van der Waals surface area contributed by atoms with Crippen molar-refractivity contribution >= 4 is 5.97 Å². The van der Waals surface area contributed by atoms with E-state index in [2.05, 4.69) is 36.9 Å². The summed E-state index contributed by atoms with van der Waals surface area (Å²) in [6.07, 6.45) is 2.64. The first-order valence-corrected chi connectivity index (χ1v) is 6.91. The highest BCUT2D eigenvalue weighted by Crippen LogP contribution is 2.46. The maximum absolute atomic E-state index is 11.2. The van der Waals surface area contributed by atoms with E-state index in [1.807, 2.05) is 7.05 Å². The van der Waals surface area contributed by atoms with E-state index >= 15 is 0 Å². The summed E-state index contributed by atoms with van der Waals surface area (Å²) in [5, 5.41) is 9.19. The van der Waals surface area contributed by atoms with E-state index in [9.17, 15) is 9.90 Å². The molecule has 2 rings (SSSR count). The predicted molar refractivity (Wildman–Crippen MR) is 76.4 cm³/mol. The summed E-state index contributed by atoms with van der Waals surface area (Å²) in [5.74, 6) is -0.633. The maximum atomic E-state index is 11.2. The molecule has 0 spiro atoms. The summed E-state index contributed by atoms with van der Waals surface area (Å²) in [6, 6.07) is 6.53. The molecule has 1 aromatic carbocycles. The van der Waals surface area contributed by atoms with Crippen LogP contribution in [0.5, 0.6) is 0 Å². The number of rotatable bonds is 6. The smallest absolute Gasteiger partial charge is 0.310 e. The van der Waals surface area contributed by atoms with E-state index < -0.39 is 11.4 Å². The van der Waals surface area contributed by atoms with Gasteiger partial charge < -0.3 is 10.0 Å². The number of benzene rings is 1. The van der Waals surface area contributed by atoms with Crippen LogP contribution in [0.2, 0.25) is 0 Å². The first kappa shape index (κ1) is 14.1. The Kier molecular flexibility index (Phi) is 3.95. The number of hydrogen-bond acceptors (Lipinski definition) is 2. The molecule has 0 bridgehead atoms. The van der Waals surface area contributed by atoms with E-state index in [1.54, 1.807) is 0 Å². The van der Waals surface area contributed by atoms with Gasteiger partial charge >= 0.3 is 5.97 Å². The first-order chi connectivity index (χ1) is 8.93. The van der Waals surface area contributed by atoms with Gasteiger partial charge in [-0.15, -0.1) is 0 Å². The lowest BCUT2D eigenvalue weighted by Gasteiger charge is -2.21. The molecule has 0 atom stereocenters. The second kappa shape index (κ2) is 5.33. The summed E-state index contributed by atoms with van der Waals surface area (Å²) in [7, 11) is 2.02. The first-order valence-electron chi connectivity index (χ1n) is 6.91. The quantitative estimate of drug-likeness (QED) is 0.856. The van der Waals surface area contributed by atoms with Crippen LogP contribution >= 0.6 is 0 Å². The highest BCUT2D eigenvalue weighted by atomic mass is 16.4. The second-order valence-electron chi connectivity index (χ2n) is 6.00. The standard InChI is InChI=1S/C16H23NO2/c1-12-4-5-14(13(2)10-12)6-9-17(3)11-16(7-8-16)15(18)19/h4-5,10H,6-9,11H2,1-3H3,(H,18,19). The summed E-state index contributed by atoms with van der Waals surface area (Å²) in [5.41, 5.74) is 3.53. The van der Waals surface area contributed by atoms with Crippen LogP contribution in [0.15, 0.2) is 18.2 Å². The van der Waals surface area contributed by atoms with Gasteiger partial charge in [0.2, 0.25) is 0 Å². The van der Waals surface area contributed by atoms with Crippen molar-refractivity contribution in [2.75, 3.05) is 20.1 Å². The molecule has 0 heterocycles. The minimum Gasteiger partial charge on any atom is -0.481 e. The number of aryl methyl sites for hydroxylation is 2. The van der Waals surface area contributed by atoms with Gasteiger partial charge in [0, 0.05) is 13.1 Å². The average Bonchev–Trinajstić information content (AvgIpc) is 3.09. The monoisotopic (exact) mass is 261 g/mol. The predicted octanol–water partition coefficient (Wildman–Crippen LogP) is 2.64. The van der Waals surface area contributed by atoms with Crippen LogP contribution in [0.25, 0.3) is 0 Å². The molecular formula is C16H23NO2. The minimum absolute atomic E-state index is 0.447. The van der Waals surface area contributed by atoms with Gasteiger partial charge in [-0.05, 0) is 51.3 Å². The largest absolute Gasteiger partial charge is 0.481 e. The molecule has 1 fully saturated rings. The lowest BCUT2D eigenvalue weighted by Crippen LogP contribution is -2.33. The molecule has 0 radical (unpaired) electrons. The number of nitrogens with zero attached hydrogens (tertiary/aromatic N) is 1. The van der Waals surface area contributed by atoms with E-state index in [1.165, 1.54) is 16.7 Å². The molecule has 0 amide bonds. The Morgan fingerprint density at radius 2 is 2.05 bits per heavy atom. The third-order valence-electron chi connectivity index (χ3n) is 4.14. The van der Waals surface area contributed by atoms with Crippen molar-refractivity contribution < 1.29 is 9.90 Å². The third-order valence-corrected chi connectivity index (χ3v) is 4.14. The summed E-state index contributed by atoms with van der Waals surface area (Å²) < 4.78 is 0. The van der Waals surface area contributed by atoms with Crippen LogP contribution < -0.4 is 0 Å². The summed E-state index contributed by atoms with van der Waals surface area (Å²) in [4.78, 5) is 13.3. The zero-order chi connectivity index (χ0) is 14.0. The van der Waals surface area contributed by atoms with Crippen molar-refractivity contribution in [2.24, 2.45) is 5.41 Å². The van der Waals surface area contributed by atoms with Crippen LogP contribution in [-0.2, 0) is 11.2 Å². The van der Waals surface area contributed by atoms with Gasteiger partial charge in [0.15, 0.2) is 0 Å². The Bertz CT molecular complexity index is 478. The summed E-state index contributed by atoms with van der Waals surface area (Å²) in [6.45, 7) is 5.83. The Morgan fingerprint density at radius 3 is 2.58 bits per heavy atom. The van der Waals surface area contributed by atoms with Crippen LogP contribution in [0.4, 0.5) is 0 Å². The molecule has 1 aliphatic rings. The fourth-order valence-corrected chi connectivity index (χ4v) is 2.62. The SMILES string of the molecule is Cc1ccc(CCN(C)CC2(C(=O)O)CC2)c(C)c1. The zero-order valence-electron chi connectivity index (χ0n) is 12.1. The van der Waals surface area contributed by atoms with E-state index in [0.717, 1.165) is 25.8 Å². The highest BCUT2D eigenvalue weighted by molar-refractivity contribution is 5.78. The Hall–Kier alpha value is -1.35. The normalized spacial score (nSPS) is 16.6. The number of hydrogen-bond donors (Lipinski definition) is 1. The van der Waals surface area contributed by atoms with Crippen molar-refractivity contribution in [1.82, 2.24) is 4.90 Å². The van der Waals surface area contributed by atoms with Gasteiger partial charge in [0.05, 0.1) is 5.41 Å². The average molecular weight is 261 g/mol. The molecule has 0 aromatic heterocycles. The molecule has 1 N–H and O–H groups in total. The summed E-state index contributed by atoms with van der Waals surface area (Å²) >= 11 is 0. The van der Waals surface area contributed by atoms with Crippen LogP contribution in [-0.4, -0.2) is 36.1 Å². The number of carbonyl (C=O) groups is 1. The van der Waals surface area contributed by atoms with Crippen molar-refractivity contribution in [1.29, 1.82) is 0 Å². The van der Waals surface area contributed by atoms with Gasteiger partial charge in [-0.1, -0.05) is 23.8 Å². The molecule has 3 heteroatoms. The minimum atomic E-state index is -0.633. The molecule has 1 saturated carbocycles. The second-order valence-corrected chi connectivity index (χ2v) is 6.00. The van der Waals surface area contributed by atoms with Crippen molar-refractivity contribution in [3.8, 4) is 0 Å². The Balaban J connectivity index is 1.87. The van der Waals surface area contributed by atoms with Crippen LogP contribution in [0.1, 0.15) is 29.5 Å². The molecule has 1 aliphatic carbocycles. The number of carboxylic acids is 1. The highest BCUT2D eigenvalue weighted by Gasteiger charge is 2.50. The molecule has 104 valence electrons. The van der Waals surface area contributed by atoms with Gasteiger partial charge in [0.25, 0.3) is 0 Å². The van der Waals surface area contributed by atoms with E-state index in [-0.39, 0.29) is 0 Å². The molecule has 0 aliphatic heterocycles. The van der Waals surface area contributed by atoms with Crippen LogP contribution in [0, 0.1) is 19.3 Å². The van der Waals surface area contributed by atoms with Gasteiger partial charge in [-0.25, -0.2) is 0 Å². The molecule has 0 unspecified atom stereocenters. The molecule has 0 saturated heterocycles. The number of aliphatic carboxylic acids is 1. The van der Waals surface area contributed by atoms with Crippen LogP contribution in [0.3, 0.4) is 0 Å². The van der Waals surface area contributed by atoms with Crippen molar-refractivity contribution in [3.63, 3.8) is 0 Å². The van der Waals surface area contributed by atoms with Gasteiger partial charge in [-0.2, -0.15) is 0 Å². The lowest BCUT2D eigenvalue weighted by atomic mass is 10.0. The lowest BCUT2D eigenvalue weighted by molar-refractivity contribution is -0.144. The number of likely N-dealkylation sites (N-methyl/N-ethyl adjacent to an activating group) is 1. The maximum Gasteiger partial charge on any atom is 0.310 e. The molecule has 3 nitrogen and oxygen atoms in total. The van der Waals surface area contributed by atoms with E-state index in [0.29, 0.717) is 6.54 Å². The number of carboxylic acid groups (broad SMARTS) is 1. The molecular weight excluding hydrogens is 238 g/mol. The fraction of sp³-hybridized carbons (Fsp3) is 0.562. The van der Waals surface area contributed by atoms with Gasteiger partial charge in [-0.3, -0.25) is 4.79 Å². The van der Waals surface area contributed by atoms with E-state index in [4.69, 9.17) is 0 Å². The Morgan fingerprint density at radius 1 is 1.37 bits per heavy atom. The van der Waals surface area contributed by atoms with Crippen molar-refractivity contribution in [2.45, 2.75) is 33.1 Å². The Labute approximate surface area is 115 Å². The molecule has 19 heavy (non-hydrogen) atoms.